The maximum Gasteiger partial charge on any atom is 0.225 e. The summed E-state index contributed by atoms with van der Waals surface area (Å²) in [6, 6.07) is 7.84. The van der Waals surface area contributed by atoms with Crippen molar-refractivity contribution in [1.29, 1.82) is 0 Å². The lowest BCUT2D eigenvalue weighted by Crippen LogP contribution is -2.34. The first-order chi connectivity index (χ1) is 13.8. The summed E-state index contributed by atoms with van der Waals surface area (Å²) in [5.41, 5.74) is 3.69. The molecule has 5 heterocycles. The average Bonchev–Trinajstić information content (AvgIpc) is 3.18. The first kappa shape index (κ1) is 16.7. The van der Waals surface area contributed by atoms with Gasteiger partial charge in [-0.2, -0.15) is 9.61 Å². The minimum absolute atomic E-state index is 0.313. The molecule has 0 N–H and O–H groups in total. The number of rotatable bonds is 3. The van der Waals surface area contributed by atoms with E-state index in [1.807, 2.05) is 54.3 Å². The maximum atomic E-state index is 4.78. The Morgan fingerprint density at radius 2 is 1.79 bits per heavy atom. The fourth-order valence-corrected chi connectivity index (χ4v) is 3.62. The van der Waals surface area contributed by atoms with Gasteiger partial charge in [-0.05, 0) is 49.6 Å². The molecule has 4 aromatic rings. The molecule has 0 aliphatic carbocycles. The molecular formula is C20H20N8. The van der Waals surface area contributed by atoms with E-state index in [4.69, 9.17) is 5.10 Å². The van der Waals surface area contributed by atoms with E-state index in [1.165, 1.54) is 0 Å². The average molecular weight is 372 g/mol. The summed E-state index contributed by atoms with van der Waals surface area (Å²) in [5, 5.41) is 13.5. The minimum atomic E-state index is 0.313. The molecule has 0 amide bonds. The van der Waals surface area contributed by atoms with Crippen LogP contribution in [-0.2, 0) is 0 Å². The largest absolute Gasteiger partial charge is 0.341 e. The van der Waals surface area contributed by atoms with Gasteiger partial charge in [-0.25, -0.2) is 9.97 Å². The monoisotopic (exact) mass is 372 g/mol. The molecule has 4 aromatic heterocycles. The highest BCUT2D eigenvalue weighted by Crippen LogP contribution is 2.28. The van der Waals surface area contributed by atoms with Crippen LogP contribution in [0.15, 0.2) is 49.1 Å². The lowest BCUT2D eigenvalue weighted by atomic mass is 9.96. The van der Waals surface area contributed by atoms with Gasteiger partial charge in [-0.3, -0.25) is 4.98 Å². The highest BCUT2D eigenvalue weighted by molar-refractivity contribution is 5.58. The van der Waals surface area contributed by atoms with Crippen molar-refractivity contribution in [2.45, 2.75) is 25.7 Å². The van der Waals surface area contributed by atoms with Gasteiger partial charge in [0.1, 0.15) is 0 Å². The Hall–Kier alpha value is -3.42. The van der Waals surface area contributed by atoms with Gasteiger partial charge in [0.25, 0.3) is 0 Å². The van der Waals surface area contributed by atoms with Gasteiger partial charge in [-0.1, -0.05) is 0 Å². The van der Waals surface area contributed by atoms with Crippen LogP contribution in [0.1, 0.15) is 30.1 Å². The number of aromatic nitrogens is 7. The highest BCUT2D eigenvalue weighted by Gasteiger charge is 2.26. The maximum absolute atomic E-state index is 4.78. The van der Waals surface area contributed by atoms with Crippen LogP contribution in [0.5, 0.6) is 0 Å². The van der Waals surface area contributed by atoms with Gasteiger partial charge in [0, 0.05) is 49.4 Å². The molecule has 0 unspecified atom stereocenters. The van der Waals surface area contributed by atoms with Crippen molar-refractivity contribution in [2.75, 3.05) is 18.0 Å². The summed E-state index contributed by atoms with van der Waals surface area (Å²) in [7, 11) is 0. The number of fused-ring (bicyclic) bond motifs is 1. The second kappa shape index (κ2) is 6.95. The molecule has 0 bridgehead atoms. The van der Waals surface area contributed by atoms with Gasteiger partial charge in [0.15, 0.2) is 11.5 Å². The second-order valence-corrected chi connectivity index (χ2v) is 7.11. The van der Waals surface area contributed by atoms with Crippen molar-refractivity contribution in [3.05, 3.63) is 60.4 Å². The van der Waals surface area contributed by atoms with Crippen LogP contribution < -0.4 is 4.90 Å². The molecule has 0 radical (unpaired) electrons. The number of pyridine rings is 1. The zero-order valence-electron chi connectivity index (χ0n) is 15.6. The van der Waals surface area contributed by atoms with E-state index in [0.717, 1.165) is 60.2 Å². The quantitative estimate of drug-likeness (QED) is 0.546. The van der Waals surface area contributed by atoms with Crippen LogP contribution in [0, 0.1) is 6.92 Å². The van der Waals surface area contributed by atoms with E-state index in [0.29, 0.717) is 5.92 Å². The Morgan fingerprint density at radius 1 is 0.964 bits per heavy atom. The number of hydrogen-bond acceptors (Lipinski definition) is 7. The van der Waals surface area contributed by atoms with Crippen molar-refractivity contribution in [1.82, 2.24) is 34.8 Å². The SMILES string of the molecule is Cc1cnc(N2CCC(c3nnc4ccc(-c5cccnc5)nn34)CC2)nc1. The Bertz CT molecular complexity index is 1080. The summed E-state index contributed by atoms with van der Waals surface area (Å²) in [6.45, 7) is 3.79. The molecule has 1 aliphatic rings. The van der Waals surface area contributed by atoms with E-state index in [2.05, 4.69) is 30.0 Å². The lowest BCUT2D eigenvalue weighted by Gasteiger charge is -2.31. The first-order valence-corrected chi connectivity index (χ1v) is 9.44. The van der Waals surface area contributed by atoms with Gasteiger partial charge in [0.05, 0.1) is 5.69 Å². The summed E-state index contributed by atoms with van der Waals surface area (Å²) in [4.78, 5) is 15.3. The third-order valence-electron chi connectivity index (χ3n) is 5.15. The van der Waals surface area contributed by atoms with Gasteiger partial charge in [-0.15, -0.1) is 10.2 Å². The fraction of sp³-hybridized carbons (Fsp3) is 0.300. The molecule has 140 valence electrons. The molecule has 28 heavy (non-hydrogen) atoms. The van der Waals surface area contributed by atoms with E-state index in [-0.39, 0.29) is 0 Å². The molecule has 0 saturated carbocycles. The molecule has 1 fully saturated rings. The predicted octanol–water partition coefficient (Wildman–Crippen LogP) is 2.67. The third kappa shape index (κ3) is 3.06. The number of nitrogens with zero attached hydrogens (tertiary/aromatic N) is 8. The summed E-state index contributed by atoms with van der Waals surface area (Å²) in [5.74, 6) is 2.03. The molecule has 1 aliphatic heterocycles. The van der Waals surface area contributed by atoms with Crippen LogP contribution in [0.2, 0.25) is 0 Å². The van der Waals surface area contributed by atoms with E-state index in [9.17, 15) is 0 Å². The van der Waals surface area contributed by atoms with Gasteiger partial charge < -0.3 is 4.90 Å². The number of hydrogen-bond donors (Lipinski definition) is 0. The predicted molar refractivity (Wildman–Crippen MR) is 105 cm³/mol. The third-order valence-corrected chi connectivity index (χ3v) is 5.15. The molecular weight excluding hydrogens is 352 g/mol. The molecule has 8 nitrogen and oxygen atoms in total. The fourth-order valence-electron chi connectivity index (χ4n) is 3.62. The second-order valence-electron chi connectivity index (χ2n) is 7.11. The molecule has 5 rings (SSSR count). The first-order valence-electron chi connectivity index (χ1n) is 9.44. The molecule has 1 saturated heterocycles. The number of anilines is 1. The molecule has 8 heteroatoms. The van der Waals surface area contributed by atoms with Crippen LogP contribution in [0.4, 0.5) is 5.95 Å². The Balaban J connectivity index is 1.39. The van der Waals surface area contributed by atoms with Crippen LogP contribution in [0.25, 0.3) is 16.9 Å². The van der Waals surface area contributed by atoms with Gasteiger partial charge in [0.2, 0.25) is 5.95 Å². The summed E-state index contributed by atoms with van der Waals surface area (Å²) < 4.78 is 1.88. The summed E-state index contributed by atoms with van der Waals surface area (Å²) >= 11 is 0. The number of aryl methyl sites for hydroxylation is 1. The standard InChI is InChI=1S/C20H20N8/c1-14-11-22-20(23-12-14)27-9-6-15(7-10-27)19-25-24-18-5-4-17(26-28(18)19)16-3-2-8-21-13-16/h2-5,8,11-13,15H,6-7,9-10H2,1H3. The van der Waals surface area contributed by atoms with E-state index >= 15 is 0 Å². The topological polar surface area (TPSA) is 85.0 Å². The highest BCUT2D eigenvalue weighted by atomic mass is 15.4. The zero-order valence-corrected chi connectivity index (χ0v) is 15.6. The Labute approximate surface area is 162 Å². The summed E-state index contributed by atoms with van der Waals surface area (Å²) in [6.07, 6.45) is 9.25. The van der Waals surface area contributed by atoms with Crippen molar-refractivity contribution >= 4 is 11.6 Å². The minimum Gasteiger partial charge on any atom is -0.341 e. The molecule has 0 aromatic carbocycles. The van der Waals surface area contributed by atoms with Gasteiger partial charge >= 0.3 is 0 Å². The Morgan fingerprint density at radius 3 is 2.54 bits per heavy atom. The van der Waals surface area contributed by atoms with Crippen molar-refractivity contribution < 1.29 is 0 Å². The van der Waals surface area contributed by atoms with Crippen LogP contribution in [0.3, 0.4) is 0 Å². The van der Waals surface area contributed by atoms with Crippen molar-refractivity contribution in [3.8, 4) is 11.3 Å². The van der Waals surface area contributed by atoms with Crippen molar-refractivity contribution in [3.63, 3.8) is 0 Å². The zero-order chi connectivity index (χ0) is 18.9. The number of piperidine rings is 1. The van der Waals surface area contributed by atoms with E-state index < -0.39 is 0 Å². The molecule has 0 atom stereocenters. The normalized spacial score (nSPS) is 15.2. The lowest BCUT2D eigenvalue weighted by molar-refractivity contribution is 0.472. The van der Waals surface area contributed by atoms with Crippen LogP contribution >= 0.6 is 0 Å². The molecule has 0 spiro atoms. The van der Waals surface area contributed by atoms with Crippen LogP contribution in [-0.4, -0.2) is 47.9 Å². The van der Waals surface area contributed by atoms with Crippen molar-refractivity contribution in [2.24, 2.45) is 0 Å². The van der Waals surface area contributed by atoms with E-state index in [1.54, 1.807) is 6.20 Å². The smallest absolute Gasteiger partial charge is 0.225 e. The Kier molecular flexibility index (Phi) is 4.16.